The zero-order valence-corrected chi connectivity index (χ0v) is 18.5. The van der Waals surface area contributed by atoms with E-state index >= 15 is 0 Å². The first-order valence-electron chi connectivity index (χ1n) is 10.6. The maximum atomic E-state index is 13.2. The third kappa shape index (κ3) is 4.96. The van der Waals surface area contributed by atoms with Crippen LogP contribution in [0.1, 0.15) is 34.0 Å². The van der Waals surface area contributed by atoms with Crippen molar-refractivity contribution in [1.29, 1.82) is 0 Å². The van der Waals surface area contributed by atoms with Crippen molar-refractivity contribution < 1.29 is 18.0 Å². The number of benzene rings is 2. The Bertz CT molecular complexity index is 1230. The summed E-state index contributed by atoms with van der Waals surface area (Å²) in [6.45, 7) is 4.20. The molecule has 1 aromatic heterocycles. The summed E-state index contributed by atoms with van der Waals surface area (Å²) in [4.78, 5) is 17.1. The predicted molar refractivity (Wildman–Crippen MR) is 126 cm³/mol. The van der Waals surface area contributed by atoms with Crippen LogP contribution in [0.5, 0.6) is 0 Å². The summed E-state index contributed by atoms with van der Waals surface area (Å²) in [7, 11) is 0. The number of halogens is 3. The molecule has 0 saturated carbocycles. The van der Waals surface area contributed by atoms with Crippen molar-refractivity contribution in [2.45, 2.75) is 20.0 Å². The molecule has 0 aliphatic carbocycles. The van der Waals surface area contributed by atoms with Crippen LogP contribution in [-0.4, -0.2) is 17.4 Å². The molecule has 0 fully saturated rings. The van der Waals surface area contributed by atoms with Crippen LogP contribution in [0, 0.1) is 6.92 Å². The first-order valence-corrected chi connectivity index (χ1v) is 10.6. The highest BCUT2D eigenvalue weighted by Gasteiger charge is 2.31. The molecule has 0 radical (unpaired) electrons. The summed E-state index contributed by atoms with van der Waals surface area (Å²) in [5.41, 5.74) is 9.28. The van der Waals surface area contributed by atoms with E-state index in [-0.39, 0.29) is 5.69 Å². The van der Waals surface area contributed by atoms with Gasteiger partial charge in [-0.25, -0.2) is 0 Å². The first kappa shape index (κ1) is 23.1. The number of aromatic nitrogens is 1. The Kier molecular flexibility index (Phi) is 6.42. The number of aryl methyl sites for hydroxylation is 1. The van der Waals surface area contributed by atoms with Gasteiger partial charge in [-0.2, -0.15) is 13.2 Å². The molecule has 2 heterocycles. The van der Waals surface area contributed by atoms with Crippen LogP contribution >= 0.6 is 0 Å². The van der Waals surface area contributed by atoms with Gasteiger partial charge >= 0.3 is 6.18 Å². The lowest BCUT2D eigenvalue weighted by Gasteiger charge is -2.19. The van der Waals surface area contributed by atoms with Gasteiger partial charge in [-0.15, -0.1) is 5.53 Å². The van der Waals surface area contributed by atoms with Crippen molar-refractivity contribution in [3.8, 4) is 0 Å². The Hall–Kier alpha value is -4.05. The van der Waals surface area contributed by atoms with Crippen molar-refractivity contribution in [3.63, 3.8) is 0 Å². The normalized spacial score (nSPS) is 13.3. The molecule has 0 atom stereocenters. The number of amides is 1. The second kappa shape index (κ2) is 9.44. The molecule has 7 nitrogen and oxygen atoms in total. The van der Waals surface area contributed by atoms with E-state index in [0.29, 0.717) is 23.5 Å². The van der Waals surface area contributed by atoms with Crippen LogP contribution in [0.3, 0.4) is 0 Å². The number of hydrogen-bond acceptors (Lipinski definition) is 6. The topological polar surface area (TPSA) is 81.3 Å². The van der Waals surface area contributed by atoms with Gasteiger partial charge in [-0.1, -0.05) is 6.07 Å². The monoisotopic (exact) mass is 468 g/mol. The van der Waals surface area contributed by atoms with Gasteiger partial charge < -0.3 is 16.1 Å². The van der Waals surface area contributed by atoms with Gasteiger partial charge in [0.2, 0.25) is 0 Å². The van der Waals surface area contributed by atoms with E-state index in [1.807, 2.05) is 32.2 Å². The maximum absolute atomic E-state index is 13.2. The molecule has 176 valence electrons. The molecule has 0 spiro atoms. The Morgan fingerprint density at radius 2 is 1.94 bits per heavy atom. The minimum absolute atomic E-state index is 0.0588. The third-order valence-electron chi connectivity index (χ3n) is 5.23. The van der Waals surface area contributed by atoms with E-state index in [4.69, 9.17) is 0 Å². The van der Waals surface area contributed by atoms with E-state index in [9.17, 15) is 18.0 Å². The third-order valence-corrected chi connectivity index (χ3v) is 5.23. The quantitative estimate of drug-likeness (QED) is 0.411. The first-order chi connectivity index (χ1) is 16.3. The molecule has 2 aromatic carbocycles. The molecular weight excluding hydrogens is 445 g/mol. The molecule has 1 aliphatic heterocycles. The molecule has 10 heteroatoms. The van der Waals surface area contributed by atoms with Gasteiger partial charge in [0.1, 0.15) is 0 Å². The highest BCUT2D eigenvalue weighted by atomic mass is 19.4. The number of hydrazine groups is 2. The summed E-state index contributed by atoms with van der Waals surface area (Å²) in [5, 5.41) is 7.32. The summed E-state index contributed by atoms with van der Waals surface area (Å²) < 4.78 is 39.6. The van der Waals surface area contributed by atoms with E-state index in [0.717, 1.165) is 29.0 Å². The Balaban J connectivity index is 1.60. The van der Waals surface area contributed by atoms with E-state index in [1.54, 1.807) is 35.6 Å². The highest BCUT2D eigenvalue weighted by molar-refractivity contribution is 6.06. The molecule has 4 rings (SSSR count). The van der Waals surface area contributed by atoms with Gasteiger partial charge in [-0.05, 0) is 61.9 Å². The number of nitrogens with one attached hydrogen (secondary N) is 4. The molecule has 0 bridgehead atoms. The summed E-state index contributed by atoms with van der Waals surface area (Å²) in [5.74, 6) is -0.525. The number of rotatable bonds is 6. The fourth-order valence-corrected chi connectivity index (χ4v) is 3.49. The number of carbonyl (C=O) groups excluding carboxylic acids is 1. The highest BCUT2D eigenvalue weighted by Crippen LogP contribution is 2.34. The molecular formula is C24H23F3N6O. The number of pyridine rings is 1. The van der Waals surface area contributed by atoms with Crippen LogP contribution in [0.25, 0.3) is 5.70 Å². The van der Waals surface area contributed by atoms with Crippen LogP contribution in [-0.2, 0) is 6.18 Å². The largest absolute Gasteiger partial charge is 0.416 e. The lowest BCUT2D eigenvalue weighted by molar-refractivity contribution is -0.137. The maximum Gasteiger partial charge on any atom is 0.416 e. The number of nitrogens with zero attached hydrogens (tertiary/aromatic N) is 2. The number of carbonyl (C=O) groups is 1. The average Bonchev–Trinajstić information content (AvgIpc) is 3.30. The zero-order chi connectivity index (χ0) is 24.3. The SMILES string of the molecule is CCNc1ccc(C(F)(F)F)cc1NC(=O)c1ccc(C)c(N2C=C(c3cccnc3)NN2)c1. The molecule has 0 saturated heterocycles. The van der Waals surface area contributed by atoms with Crippen molar-refractivity contribution in [2.75, 3.05) is 22.2 Å². The lowest BCUT2D eigenvalue weighted by atomic mass is 10.1. The van der Waals surface area contributed by atoms with Gasteiger partial charge in [-0.3, -0.25) is 14.8 Å². The fourth-order valence-electron chi connectivity index (χ4n) is 3.49. The zero-order valence-electron chi connectivity index (χ0n) is 18.5. The van der Waals surface area contributed by atoms with Gasteiger partial charge in [0.05, 0.1) is 28.3 Å². The summed E-state index contributed by atoms with van der Waals surface area (Å²) in [6, 6.07) is 12.0. The molecule has 0 unspecified atom stereocenters. The van der Waals surface area contributed by atoms with Crippen molar-refractivity contribution in [1.82, 2.24) is 15.9 Å². The van der Waals surface area contributed by atoms with E-state index < -0.39 is 17.6 Å². The second-order valence-corrected chi connectivity index (χ2v) is 7.64. The number of alkyl halides is 3. The minimum atomic E-state index is -4.52. The van der Waals surface area contributed by atoms with Gasteiger partial charge in [0.15, 0.2) is 0 Å². The van der Waals surface area contributed by atoms with E-state index in [2.05, 4.69) is 26.6 Å². The molecule has 1 aliphatic rings. The molecule has 3 aromatic rings. The number of hydrogen-bond donors (Lipinski definition) is 4. The Morgan fingerprint density at radius 1 is 1.12 bits per heavy atom. The van der Waals surface area contributed by atoms with Gasteiger partial charge in [0.25, 0.3) is 5.91 Å². The average molecular weight is 468 g/mol. The van der Waals surface area contributed by atoms with E-state index in [1.165, 1.54) is 6.07 Å². The fraction of sp³-hybridized carbons (Fsp3) is 0.167. The summed E-state index contributed by atoms with van der Waals surface area (Å²) >= 11 is 0. The number of anilines is 3. The van der Waals surface area contributed by atoms with Crippen LogP contribution in [0.4, 0.5) is 30.2 Å². The molecule has 4 N–H and O–H groups in total. The van der Waals surface area contributed by atoms with Crippen LogP contribution < -0.4 is 26.6 Å². The predicted octanol–water partition coefficient (Wildman–Crippen LogP) is 4.92. The second-order valence-electron chi connectivity index (χ2n) is 7.64. The van der Waals surface area contributed by atoms with Crippen LogP contribution in [0.15, 0.2) is 67.1 Å². The molecule has 1 amide bonds. The summed E-state index contributed by atoms with van der Waals surface area (Å²) in [6.07, 6.45) is 0.713. The van der Waals surface area contributed by atoms with Crippen molar-refractivity contribution in [2.24, 2.45) is 0 Å². The lowest BCUT2D eigenvalue weighted by Crippen LogP contribution is -2.36. The minimum Gasteiger partial charge on any atom is -0.384 e. The standard InChI is InChI=1S/C24H23F3N6O/c1-3-29-19-9-8-18(24(25,26)27)12-20(19)30-23(34)16-7-6-15(2)22(11-16)33-14-21(31-32-33)17-5-4-10-28-13-17/h4-14,29,31-32H,3H2,1-2H3,(H,30,34). The Morgan fingerprint density at radius 3 is 2.65 bits per heavy atom. The van der Waals surface area contributed by atoms with Gasteiger partial charge in [0, 0.05) is 36.3 Å². The molecule has 34 heavy (non-hydrogen) atoms. The van der Waals surface area contributed by atoms with Crippen molar-refractivity contribution >= 4 is 28.7 Å². The Labute approximate surface area is 194 Å². The smallest absolute Gasteiger partial charge is 0.384 e. The van der Waals surface area contributed by atoms with Crippen LogP contribution in [0.2, 0.25) is 0 Å². The van der Waals surface area contributed by atoms with Crippen molar-refractivity contribution in [3.05, 3.63) is 89.4 Å².